The van der Waals surface area contributed by atoms with E-state index < -0.39 is 0 Å². The summed E-state index contributed by atoms with van der Waals surface area (Å²) in [7, 11) is 0. The Morgan fingerprint density at radius 1 is 1.14 bits per heavy atom. The third kappa shape index (κ3) is 4.00. The van der Waals surface area contributed by atoms with Crippen molar-refractivity contribution in [1.82, 2.24) is 5.32 Å². The second-order valence-corrected chi connectivity index (χ2v) is 5.15. The van der Waals surface area contributed by atoms with Gasteiger partial charge in [0.15, 0.2) is 0 Å². The van der Waals surface area contributed by atoms with Crippen LogP contribution >= 0.6 is 0 Å². The molecular formula is C13H27N. The summed E-state index contributed by atoms with van der Waals surface area (Å²) < 4.78 is 0. The molecule has 0 spiro atoms. The van der Waals surface area contributed by atoms with Crippen molar-refractivity contribution in [3.05, 3.63) is 0 Å². The Hall–Kier alpha value is -0.0400. The molecule has 1 saturated carbocycles. The minimum atomic E-state index is 0.753. The van der Waals surface area contributed by atoms with Crippen LogP contribution < -0.4 is 5.32 Å². The Morgan fingerprint density at radius 2 is 1.79 bits per heavy atom. The number of rotatable bonds is 5. The highest BCUT2D eigenvalue weighted by molar-refractivity contribution is 4.76. The lowest BCUT2D eigenvalue weighted by Crippen LogP contribution is -2.35. The summed E-state index contributed by atoms with van der Waals surface area (Å²) in [4.78, 5) is 0. The monoisotopic (exact) mass is 197 g/mol. The summed E-state index contributed by atoms with van der Waals surface area (Å²) in [6.45, 7) is 8.03. The van der Waals surface area contributed by atoms with Crippen LogP contribution in [0.3, 0.4) is 0 Å². The van der Waals surface area contributed by atoms with E-state index in [9.17, 15) is 0 Å². The Bertz CT molecular complexity index is 136. The molecule has 0 aromatic rings. The van der Waals surface area contributed by atoms with Gasteiger partial charge in [-0.2, -0.15) is 0 Å². The van der Waals surface area contributed by atoms with Gasteiger partial charge in [-0.05, 0) is 24.8 Å². The fourth-order valence-electron chi connectivity index (χ4n) is 2.64. The average molecular weight is 197 g/mol. The zero-order valence-electron chi connectivity index (χ0n) is 10.2. The van der Waals surface area contributed by atoms with Crippen LogP contribution in [0.5, 0.6) is 0 Å². The largest absolute Gasteiger partial charge is 0.314 e. The summed E-state index contributed by atoms with van der Waals surface area (Å²) in [5, 5.41) is 3.63. The molecule has 0 amide bonds. The molecule has 1 fully saturated rings. The van der Waals surface area contributed by atoms with Crippen molar-refractivity contribution in [1.29, 1.82) is 0 Å². The van der Waals surface area contributed by atoms with Crippen molar-refractivity contribution < 1.29 is 0 Å². The summed E-state index contributed by atoms with van der Waals surface area (Å²) in [6, 6.07) is 0.753. The van der Waals surface area contributed by atoms with Crippen LogP contribution in [0.1, 0.15) is 59.3 Å². The first-order valence-electron chi connectivity index (χ1n) is 6.47. The predicted octanol–water partition coefficient (Wildman–Crippen LogP) is 3.59. The molecule has 0 aromatic carbocycles. The van der Waals surface area contributed by atoms with E-state index in [4.69, 9.17) is 0 Å². The third-order valence-electron chi connectivity index (χ3n) is 3.58. The van der Waals surface area contributed by atoms with E-state index in [2.05, 4.69) is 26.1 Å². The minimum Gasteiger partial charge on any atom is -0.314 e. The summed E-state index contributed by atoms with van der Waals surface area (Å²) in [5.74, 6) is 1.80. The molecule has 84 valence electrons. The van der Waals surface area contributed by atoms with Crippen LogP contribution in [0.15, 0.2) is 0 Å². The first-order valence-corrected chi connectivity index (χ1v) is 6.47. The maximum Gasteiger partial charge on any atom is 0.00925 e. The lowest BCUT2D eigenvalue weighted by Gasteiger charge is -2.29. The maximum absolute atomic E-state index is 3.63. The maximum atomic E-state index is 3.63. The van der Waals surface area contributed by atoms with Gasteiger partial charge >= 0.3 is 0 Å². The molecule has 1 aliphatic rings. The van der Waals surface area contributed by atoms with Gasteiger partial charge in [0.25, 0.3) is 0 Å². The molecule has 1 aliphatic carbocycles. The fraction of sp³-hybridized carbons (Fsp3) is 1.00. The molecule has 0 aliphatic heterocycles. The van der Waals surface area contributed by atoms with Gasteiger partial charge in [-0.1, -0.05) is 52.9 Å². The lowest BCUT2D eigenvalue weighted by molar-refractivity contribution is 0.267. The number of hydrogen-bond donors (Lipinski definition) is 1. The number of nitrogens with one attached hydrogen (secondary N) is 1. The average Bonchev–Trinajstić information content (AvgIpc) is 2.18. The summed E-state index contributed by atoms with van der Waals surface area (Å²) in [5.41, 5.74) is 0. The highest BCUT2D eigenvalue weighted by Crippen LogP contribution is 2.28. The van der Waals surface area contributed by atoms with E-state index >= 15 is 0 Å². The van der Waals surface area contributed by atoms with Gasteiger partial charge in [-0.3, -0.25) is 0 Å². The van der Waals surface area contributed by atoms with Crippen molar-refractivity contribution in [3.63, 3.8) is 0 Å². The molecule has 0 saturated heterocycles. The van der Waals surface area contributed by atoms with Crippen molar-refractivity contribution in [2.24, 2.45) is 11.8 Å². The SMILES string of the molecule is CCNC(CC1CCCCC1)C(C)C. The molecule has 0 aromatic heterocycles. The second kappa shape index (κ2) is 6.44. The van der Waals surface area contributed by atoms with Crippen LogP contribution in [-0.4, -0.2) is 12.6 Å². The van der Waals surface area contributed by atoms with Crippen LogP contribution in [-0.2, 0) is 0 Å². The fourth-order valence-corrected chi connectivity index (χ4v) is 2.64. The van der Waals surface area contributed by atoms with Gasteiger partial charge in [0.2, 0.25) is 0 Å². The lowest BCUT2D eigenvalue weighted by atomic mass is 9.82. The normalized spacial score (nSPS) is 21.4. The Kier molecular flexibility index (Phi) is 5.54. The highest BCUT2D eigenvalue weighted by atomic mass is 14.9. The molecule has 0 radical (unpaired) electrons. The molecule has 1 rings (SSSR count). The van der Waals surface area contributed by atoms with Crippen LogP contribution in [0.4, 0.5) is 0 Å². The predicted molar refractivity (Wildman–Crippen MR) is 63.5 cm³/mol. The quantitative estimate of drug-likeness (QED) is 0.710. The van der Waals surface area contributed by atoms with Gasteiger partial charge in [0.1, 0.15) is 0 Å². The van der Waals surface area contributed by atoms with Crippen LogP contribution in [0.25, 0.3) is 0 Å². The zero-order chi connectivity index (χ0) is 10.4. The van der Waals surface area contributed by atoms with E-state index in [0.29, 0.717) is 0 Å². The first kappa shape index (κ1) is 12.0. The Balaban J connectivity index is 2.29. The molecule has 14 heavy (non-hydrogen) atoms. The highest BCUT2D eigenvalue weighted by Gasteiger charge is 2.20. The standard InChI is InChI=1S/C13H27N/c1-4-14-13(11(2)3)10-12-8-6-5-7-9-12/h11-14H,4-10H2,1-3H3. The van der Waals surface area contributed by atoms with Gasteiger partial charge in [0.05, 0.1) is 0 Å². The van der Waals surface area contributed by atoms with Gasteiger partial charge in [0, 0.05) is 6.04 Å². The van der Waals surface area contributed by atoms with E-state index in [1.807, 2.05) is 0 Å². The molecule has 1 atom stereocenters. The first-order chi connectivity index (χ1) is 6.74. The van der Waals surface area contributed by atoms with Crippen LogP contribution in [0, 0.1) is 11.8 Å². The van der Waals surface area contributed by atoms with Gasteiger partial charge in [-0.15, -0.1) is 0 Å². The molecular weight excluding hydrogens is 170 g/mol. The molecule has 0 bridgehead atoms. The minimum absolute atomic E-state index is 0.753. The van der Waals surface area contributed by atoms with E-state index in [1.54, 1.807) is 0 Å². The third-order valence-corrected chi connectivity index (χ3v) is 3.58. The van der Waals surface area contributed by atoms with Crippen molar-refractivity contribution in [2.45, 2.75) is 65.3 Å². The Labute approximate surface area is 89.7 Å². The van der Waals surface area contributed by atoms with E-state index in [1.165, 1.54) is 38.5 Å². The van der Waals surface area contributed by atoms with Crippen LogP contribution in [0.2, 0.25) is 0 Å². The van der Waals surface area contributed by atoms with E-state index in [0.717, 1.165) is 24.4 Å². The van der Waals surface area contributed by atoms with E-state index in [-0.39, 0.29) is 0 Å². The van der Waals surface area contributed by atoms with Crippen molar-refractivity contribution in [3.8, 4) is 0 Å². The molecule has 1 heteroatoms. The zero-order valence-corrected chi connectivity index (χ0v) is 10.2. The Morgan fingerprint density at radius 3 is 2.29 bits per heavy atom. The van der Waals surface area contributed by atoms with Crippen molar-refractivity contribution >= 4 is 0 Å². The topological polar surface area (TPSA) is 12.0 Å². The molecule has 1 N–H and O–H groups in total. The molecule has 0 heterocycles. The summed E-state index contributed by atoms with van der Waals surface area (Å²) >= 11 is 0. The second-order valence-electron chi connectivity index (χ2n) is 5.15. The number of hydrogen-bond acceptors (Lipinski definition) is 1. The molecule has 1 unspecified atom stereocenters. The van der Waals surface area contributed by atoms with Crippen molar-refractivity contribution in [2.75, 3.05) is 6.54 Å². The smallest absolute Gasteiger partial charge is 0.00925 e. The van der Waals surface area contributed by atoms with Gasteiger partial charge < -0.3 is 5.32 Å². The van der Waals surface area contributed by atoms with Gasteiger partial charge in [-0.25, -0.2) is 0 Å². The molecule has 1 nitrogen and oxygen atoms in total. The summed E-state index contributed by atoms with van der Waals surface area (Å²) in [6.07, 6.45) is 8.79.